The van der Waals surface area contributed by atoms with Crippen LogP contribution in [0.5, 0.6) is 11.5 Å². The second-order valence-corrected chi connectivity index (χ2v) is 7.99. The summed E-state index contributed by atoms with van der Waals surface area (Å²) in [7, 11) is 0. The third kappa shape index (κ3) is 6.02. The van der Waals surface area contributed by atoms with Crippen molar-refractivity contribution in [2.75, 3.05) is 30.9 Å². The number of benzene rings is 2. The predicted molar refractivity (Wildman–Crippen MR) is 112 cm³/mol. The first kappa shape index (κ1) is 23.6. The molecular formula is C19H16Cl2F4N2O3S. The molecule has 2 aromatic rings. The number of rotatable bonds is 7. The number of ether oxygens (including phenoxy) is 2. The highest BCUT2D eigenvalue weighted by atomic mass is 35.5. The molecule has 31 heavy (non-hydrogen) atoms. The number of amides is 1. The van der Waals surface area contributed by atoms with Crippen molar-refractivity contribution in [3.8, 4) is 11.5 Å². The van der Waals surface area contributed by atoms with Crippen LogP contribution in [0.3, 0.4) is 0 Å². The molecule has 5 nitrogen and oxygen atoms in total. The molecule has 2 aromatic carbocycles. The third-order valence-corrected chi connectivity index (χ3v) is 5.25. The highest BCUT2D eigenvalue weighted by Crippen LogP contribution is 2.34. The Morgan fingerprint density at radius 3 is 2.48 bits per heavy atom. The van der Waals surface area contributed by atoms with Gasteiger partial charge in [0.05, 0.1) is 28.7 Å². The zero-order valence-electron chi connectivity index (χ0n) is 15.9. The van der Waals surface area contributed by atoms with Crippen LogP contribution >= 0.6 is 35.1 Å². The number of carbonyl (C=O) groups is 1. The molecule has 1 fully saturated rings. The molecule has 1 saturated heterocycles. The van der Waals surface area contributed by atoms with Crippen molar-refractivity contribution in [1.29, 1.82) is 0 Å². The normalized spacial score (nSPS) is 14.2. The van der Waals surface area contributed by atoms with E-state index in [4.69, 9.17) is 27.9 Å². The smallest absolute Gasteiger partial charge is 0.422 e. The van der Waals surface area contributed by atoms with Gasteiger partial charge in [0.25, 0.3) is 5.91 Å². The molecule has 0 radical (unpaired) electrons. The fourth-order valence-corrected chi connectivity index (χ4v) is 3.54. The lowest BCUT2D eigenvalue weighted by Crippen LogP contribution is -2.54. The fourth-order valence-electron chi connectivity index (χ4n) is 2.81. The minimum absolute atomic E-state index is 0.0512. The number of halogens is 6. The van der Waals surface area contributed by atoms with Crippen LogP contribution in [-0.2, 0) is 0 Å². The average Bonchev–Trinajstić information content (AvgIpc) is 2.65. The molecular weight excluding hydrogens is 483 g/mol. The molecule has 1 amide bonds. The van der Waals surface area contributed by atoms with E-state index in [1.807, 2.05) is 4.90 Å². The van der Waals surface area contributed by atoms with Gasteiger partial charge in [-0.2, -0.15) is 13.2 Å². The van der Waals surface area contributed by atoms with Crippen LogP contribution in [0.25, 0.3) is 0 Å². The number of hydrogen-bond donors (Lipinski definition) is 1. The van der Waals surface area contributed by atoms with E-state index in [-0.39, 0.29) is 33.2 Å². The van der Waals surface area contributed by atoms with E-state index in [0.29, 0.717) is 18.8 Å². The summed E-state index contributed by atoms with van der Waals surface area (Å²) >= 11 is 13.2. The molecule has 1 aliphatic heterocycles. The first-order chi connectivity index (χ1) is 14.6. The lowest BCUT2D eigenvalue weighted by atomic mass is 10.1. The van der Waals surface area contributed by atoms with E-state index in [2.05, 4.69) is 9.46 Å². The minimum Gasteiger partial charge on any atom is -0.485 e. The zero-order chi connectivity index (χ0) is 22.8. The maximum Gasteiger partial charge on any atom is 0.422 e. The summed E-state index contributed by atoms with van der Waals surface area (Å²) in [4.78, 5) is 13.7. The molecule has 1 heterocycles. The standard InChI is InChI=1S/C19H16Cl2F4N2O3S/c1-31-26-18(28)12-5-14(21)17(6-15(12)22)30-11-7-27(8-11)10-2-3-16(13(20)4-10)29-9-19(23,24)25/h2-6,11H,7-9H2,1H3,(H,26,28). The summed E-state index contributed by atoms with van der Waals surface area (Å²) in [6, 6.07) is 6.70. The van der Waals surface area contributed by atoms with Crippen LogP contribution in [-0.4, -0.2) is 44.1 Å². The van der Waals surface area contributed by atoms with Crippen molar-refractivity contribution < 1.29 is 31.8 Å². The number of carbonyl (C=O) groups excluding carboxylic acids is 1. The number of hydrogen-bond acceptors (Lipinski definition) is 5. The molecule has 0 bridgehead atoms. The summed E-state index contributed by atoms with van der Waals surface area (Å²) in [6.45, 7) is -0.585. The second kappa shape index (κ2) is 9.62. The summed E-state index contributed by atoms with van der Waals surface area (Å²) in [5.41, 5.74) is 0.481. The van der Waals surface area contributed by atoms with Crippen molar-refractivity contribution in [2.45, 2.75) is 12.3 Å². The number of nitrogens with one attached hydrogen (secondary N) is 1. The predicted octanol–water partition coefficient (Wildman–Crippen LogP) is 5.35. The molecule has 168 valence electrons. The first-order valence-corrected chi connectivity index (χ1v) is 10.8. The van der Waals surface area contributed by atoms with Crippen molar-refractivity contribution >= 4 is 46.7 Å². The van der Waals surface area contributed by atoms with Crippen LogP contribution in [0.15, 0.2) is 30.3 Å². The molecule has 0 spiro atoms. The maximum absolute atomic E-state index is 14.2. The van der Waals surface area contributed by atoms with Crippen LogP contribution in [0, 0.1) is 5.82 Å². The fraction of sp³-hybridized carbons (Fsp3) is 0.316. The Morgan fingerprint density at radius 1 is 1.19 bits per heavy atom. The second-order valence-electron chi connectivity index (χ2n) is 6.56. The van der Waals surface area contributed by atoms with Crippen LogP contribution in [0.1, 0.15) is 10.4 Å². The Labute approximate surface area is 189 Å². The summed E-state index contributed by atoms with van der Waals surface area (Å²) in [5.74, 6) is -1.32. The van der Waals surface area contributed by atoms with Gasteiger partial charge in [-0.05, 0) is 24.3 Å². The Morgan fingerprint density at radius 2 is 1.87 bits per heavy atom. The van der Waals surface area contributed by atoms with E-state index < -0.39 is 24.5 Å². The molecule has 1 N–H and O–H groups in total. The van der Waals surface area contributed by atoms with Gasteiger partial charge in [0, 0.05) is 18.0 Å². The number of nitrogens with zero attached hydrogens (tertiary/aromatic N) is 1. The molecule has 3 rings (SSSR count). The monoisotopic (exact) mass is 498 g/mol. The molecule has 0 aromatic heterocycles. The van der Waals surface area contributed by atoms with E-state index >= 15 is 0 Å². The summed E-state index contributed by atoms with van der Waals surface area (Å²) in [6.07, 6.45) is -3.13. The first-order valence-electron chi connectivity index (χ1n) is 8.80. The van der Waals surface area contributed by atoms with Gasteiger partial charge in [-0.3, -0.25) is 9.52 Å². The van der Waals surface area contributed by atoms with Crippen LogP contribution in [0.2, 0.25) is 10.0 Å². The van der Waals surface area contributed by atoms with Gasteiger partial charge >= 0.3 is 6.18 Å². The topological polar surface area (TPSA) is 50.8 Å². The molecule has 0 aliphatic carbocycles. The number of alkyl halides is 3. The van der Waals surface area contributed by atoms with Gasteiger partial charge in [0.2, 0.25) is 0 Å². The summed E-state index contributed by atoms with van der Waals surface area (Å²) in [5, 5.41) is 0.149. The van der Waals surface area contributed by atoms with Crippen molar-refractivity contribution in [3.05, 3.63) is 51.8 Å². The zero-order valence-corrected chi connectivity index (χ0v) is 18.3. The quantitative estimate of drug-likeness (QED) is 0.412. The number of anilines is 1. The summed E-state index contributed by atoms with van der Waals surface area (Å²) < 4.78 is 63.8. The Balaban J connectivity index is 1.59. The van der Waals surface area contributed by atoms with Gasteiger partial charge in [0.15, 0.2) is 6.61 Å². The van der Waals surface area contributed by atoms with Gasteiger partial charge in [0.1, 0.15) is 23.4 Å². The van der Waals surface area contributed by atoms with Crippen molar-refractivity contribution in [1.82, 2.24) is 4.72 Å². The molecule has 12 heteroatoms. The lowest BCUT2D eigenvalue weighted by Gasteiger charge is -2.41. The average molecular weight is 499 g/mol. The maximum atomic E-state index is 14.2. The Hall–Kier alpha value is -2.04. The molecule has 0 saturated carbocycles. The van der Waals surface area contributed by atoms with Gasteiger partial charge in [-0.1, -0.05) is 35.1 Å². The highest BCUT2D eigenvalue weighted by Gasteiger charge is 2.31. The van der Waals surface area contributed by atoms with Gasteiger partial charge in [-0.15, -0.1) is 0 Å². The van der Waals surface area contributed by atoms with E-state index in [0.717, 1.165) is 18.0 Å². The van der Waals surface area contributed by atoms with Crippen molar-refractivity contribution in [3.63, 3.8) is 0 Å². The van der Waals surface area contributed by atoms with E-state index in [1.54, 1.807) is 12.3 Å². The molecule has 0 unspecified atom stereocenters. The minimum atomic E-state index is -4.46. The van der Waals surface area contributed by atoms with Crippen LogP contribution in [0.4, 0.5) is 23.2 Å². The van der Waals surface area contributed by atoms with Gasteiger partial charge < -0.3 is 14.4 Å². The Kier molecular flexibility index (Phi) is 7.33. The van der Waals surface area contributed by atoms with E-state index in [9.17, 15) is 22.4 Å². The SMILES string of the molecule is CSNC(=O)c1cc(Cl)c(OC2CN(c3ccc(OCC(F)(F)F)c(Cl)c3)C2)cc1F. The molecule has 1 aliphatic rings. The lowest BCUT2D eigenvalue weighted by molar-refractivity contribution is -0.153. The van der Waals surface area contributed by atoms with E-state index in [1.165, 1.54) is 18.2 Å². The molecule has 0 atom stereocenters. The Bertz CT molecular complexity index is 972. The van der Waals surface area contributed by atoms with Gasteiger partial charge in [-0.25, -0.2) is 4.39 Å². The van der Waals surface area contributed by atoms with Crippen LogP contribution < -0.4 is 19.1 Å². The highest BCUT2D eigenvalue weighted by molar-refractivity contribution is 7.97. The van der Waals surface area contributed by atoms with Crippen molar-refractivity contribution in [2.24, 2.45) is 0 Å². The third-order valence-electron chi connectivity index (χ3n) is 4.27. The largest absolute Gasteiger partial charge is 0.485 e.